The third-order valence-corrected chi connectivity index (χ3v) is 3.95. The van der Waals surface area contributed by atoms with E-state index in [1.165, 1.54) is 6.07 Å². The van der Waals surface area contributed by atoms with Gasteiger partial charge in [0.05, 0.1) is 6.10 Å². The van der Waals surface area contributed by atoms with E-state index < -0.39 is 6.10 Å². The van der Waals surface area contributed by atoms with Gasteiger partial charge in [-0.2, -0.15) is 0 Å². The lowest BCUT2D eigenvalue weighted by molar-refractivity contribution is 0.199. The molecule has 0 aliphatic rings. The minimum atomic E-state index is -0.473. The van der Waals surface area contributed by atoms with Crippen LogP contribution in [0.25, 0.3) is 11.0 Å². The molecule has 3 rings (SSSR count). The summed E-state index contributed by atoms with van der Waals surface area (Å²) in [6.07, 6.45) is -0.473. The molecule has 0 amide bonds. The zero-order chi connectivity index (χ0) is 17.1. The summed E-state index contributed by atoms with van der Waals surface area (Å²) in [5, 5.41) is 10.8. The quantitative estimate of drug-likeness (QED) is 0.730. The van der Waals surface area contributed by atoms with E-state index in [9.17, 15) is 9.90 Å². The Morgan fingerprint density at radius 3 is 2.58 bits per heavy atom. The molecule has 4 nitrogen and oxygen atoms in total. The molecule has 4 heteroatoms. The van der Waals surface area contributed by atoms with Crippen LogP contribution in [-0.4, -0.2) is 17.8 Å². The Bertz CT molecular complexity index is 884. The lowest BCUT2D eigenvalue weighted by Crippen LogP contribution is -2.30. The molecule has 1 unspecified atom stereocenters. The first-order valence-corrected chi connectivity index (χ1v) is 8.04. The monoisotopic (exact) mass is 323 g/mol. The van der Waals surface area contributed by atoms with Gasteiger partial charge in [0.15, 0.2) is 0 Å². The number of aliphatic hydroxyl groups excluding tert-OH is 1. The van der Waals surface area contributed by atoms with Gasteiger partial charge in [0.1, 0.15) is 5.58 Å². The highest BCUT2D eigenvalue weighted by atomic mass is 16.4. The van der Waals surface area contributed by atoms with Crippen molar-refractivity contribution in [3.63, 3.8) is 0 Å². The van der Waals surface area contributed by atoms with Crippen molar-refractivity contribution in [2.45, 2.75) is 26.5 Å². The Balaban J connectivity index is 2.03. The van der Waals surface area contributed by atoms with Gasteiger partial charge in [0.25, 0.3) is 0 Å². The Morgan fingerprint density at radius 2 is 1.88 bits per heavy atom. The van der Waals surface area contributed by atoms with Crippen LogP contribution in [0.15, 0.2) is 63.8 Å². The molecule has 0 radical (unpaired) electrons. The summed E-state index contributed by atoms with van der Waals surface area (Å²) in [5.41, 5.74) is 3.19. The number of aliphatic hydroxyl groups is 1. The largest absolute Gasteiger partial charge is 0.423 e. The van der Waals surface area contributed by atoms with E-state index in [1.807, 2.05) is 55.5 Å². The SMILES string of the molecule is Cc1ccc2c(CN(CC(C)O)c3ccccc3)cc(=O)oc2c1. The van der Waals surface area contributed by atoms with Gasteiger partial charge in [-0.15, -0.1) is 0 Å². The normalized spacial score (nSPS) is 12.3. The zero-order valence-corrected chi connectivity index (χ0v) is 13.9. The minimum absolute atomic E-state index is 0.354. The first-order valence-electron chi connectivity index (χ1n) is 8.04. The van der Waals surface area contributed by atoms with E-state index in [0.717, 1.165) is 22.2 Å². The molecule has 2 aromatic carbocycles. The standard InChI is InChI=1S/C20H21NO3/c1-14-8-9-18-16(11-20(23)24-19(18)10-14)13-21(12-15(2)22)17-6-4-3-5-7-17/h3-11,15,22H,12-13H2,1-2H3. The molecule has 0 spiro atoms. The van der Waals surface area contributed by atoms with Crippen LogP contribution in [-0.2, 0) is 6.54 Å². The zero-order valence-electron chi connectivity index (χ0n) is 13.9. The summed E-state index contributed by atoms with van der Waals surface area (Å²) in [4.78, 5) is 14.0. The number of hydrogen-bond acceptors (Lipinski definition) is 4. The fraction of sp³-hybridized carbons (Fsp3) is 0.250. The molecule has 1 aromatic heterocycles. The van der Waals surface area contributed by atoms with E-state index >= 15 is 0 Å². The highest BCUT2D eigenvalue weighted by molar-refractivity contribution is 5.81. The van der Waals surface area contributed by atoms with Crippen molar-refractivity contribution in [1.82, 2.24) is 0 Å². The molecular weight excluding hydrogens is 302 g/mol. The molecule has 24 heavy (non-hydrogen) atoms. The van der Waals surface area contributed by atoms with Crippen LogP contribution in [0, 0.1) is 6.92 Å². The first kappa shape index (κ1) is 16.3. The Hall–Kier alpha value is -2.59. The van der Waals surface area contributed by atoms with Crippen LogP contribution in [0.4, 0.5) is 5.69 Å². The van der Waals surface area contributed by atoms with Crippen LogP contribution in [0.2, 0.25) is 0 Å². The number of benzene rings is 2. The number of hydrogen-bond donors (Lipinski definition) is 1. The third kappa shape index (κ3) is 3.66. The molecular formula is C20H21NO3. The van der Waals surface area contributed by atoms with Crippen molar-refractivity contribution < 1.29 is 9.52 Å². The van der Waals surface area contributed by atoms with Crippen molar-refractivity contribution in [2.75, 3.05) is 11.4 Å². The number of aryl methyl sites for hydroxylation is 1. The molecule has 124 valence electrons. The van der Waals surface area contributed by atoms with Crippen LogP contribution < -0.4 is 10.5 Å². The van der Waals surface area contributed by atoms with Crippen LogP contribution in [0.1, 0.15) is 18.1 Å². The number of para-hydroxylation sites is 1. The number of nitrogens with zero attached hydrogens (tertiary/aromatic N) is 1. The van der Waals surface area contributed by atoms with Gasteiger partial charge in [-0.3, -0.25) is 0 Å². The summed E-state index contributed by atoms with van der Waals surface area (Å²) < 4.78 is 5.33. The summed E-state index contributed by atoms with van der Waals surface area (Å²) in [6.45, 7) is 4.74. The average Bonchev–Trinajstić information content (AvgIpc) is 2.54. The topological polar surface area (TPSA) is 53.7 Å². The van der Waals surface area contributed by atoms with Crippen LogP contribution in [0.3, 0.4) is 0 Å². The van der Waals surface area contributed by atoms with E-state index in [2.05, 4.69) is 4.90 Å². The second kappa shape index (κ2) is 6.89. The minimum Gasteiger partial charge on any atom is -0.423 e. The summed E-state index contributed by atoms with van der Waals surface area (Å²) in [6, 6.07) is 17.3. The lowest BCUT2D eigenvalue weighted by Gasteiger charge is -2.26. The fourth-order valence-electron chi connectivity index (χ4n) is 2.89. The number of rotatable bonds is 5. The van der Waals surface area contributed by atoms with Gasteiger partial charge in [0, 0.05) is 30.2 Å². The molecule has 3 aromatic rings. The second-order valence-corrected chi connectivity index (χ2v) is 6.16. The van der Waals surface area contributed by atoms with Gasteiger partial charge in [0.2, 0.25) is 0 Å². The van der Waals surface area contributed by atoms with Crippen molar-refractivity contribution in [2.24, 2.45) is 0 Å². The molecule has 0 saturated heterocycles. The van der Waals surface area contributed by atoms with E-state index in [-0.39, 0.29) is 5.63 Å². The maximum absolute atomic E-state index is 11.9. The van der Waals surface area contributed by atoms with Gasteiger partial charge in [-0.1, -0.05) is 30.3 Å². The molecule has 0 fully saturated rings. The van der Waals surface area contributed by atoms with E-state index in [4.69, 9.17) is 4.42 Å². The maximum Gasteiger partial charge on any atom is 0.336 e. The van der Waals surface area contributed by atoms with Crippen molar-refractivity contribution in [1.29, 1.82) is 0 Å². The molecule has 1 atom stereocenters. The highest BCUT2D eigenvalue weighted by Gasteiger charge is 2.13. The Labute approximate surface area is 141 Å². The molecule has 1 N–H and O–H groups in total. The molecule has 0 bridgehead atoms. The van der Waals surface area contributed by atoms with Gasteiger partial charge in [-0.25, -0.2) is 4.79 Å². The van der Waals surface area contributed by atoms with E-state index in [1.54, 1.807) is 6.92 Å². The third-order valence-electron chi connectivity index (χ3n) is 3.95. The maximum atomic E-state index is 11.9. The number of fused-ring (bicyclic) bond motifs is 1. The molecule has 0 aliphatic heterocycles. The summed E-state index contributed by atoms with van der Waals surface area (Å²) >= 11 is 0. The molecule has 0 saturated carbocycles. The first-order chi connectivity index (χ1) is 11.5. The van der Waals surface area contributed by atoms with Crippen molar-refractivity contribution in [3.05, 3.63) is 76.1 Å². The fourth-order valence-corrected chi connectivity index (χ4v) is 2.89. The van der Waals surface area contributed by atoms with Gasteiger partial charge in [-0.05, 0) is 43.2 Å². The highest BCUT2D eigenvalue weighted by Crippen LogP contribution is 2.23. The van der Waals surface area contributed by atoms with Gasteiger partial charge < -0.3 is 14.4 Å². The van der Waals surface area contributed by atoms with Crippen LogP contribution in [0.5, 0.6) is 0 Å². The predicted molar refractivity (Wildman–Crippen MR) is 96.4 cm³/mol. The lowest BCUT2D eigenvalue weighted by atomic mass is 10.1. The number of anilines is 1. The van der Waals surface area contributed by atoms with Gasteiger partial charge >= 0.3 is 5.63 Å². The van der Waals surface area contributed by atoms with Crippen molar-refractivity contribution >= 4 is 16.7 Å². The molecule has 0 aliphatic carbocycles. The van der Waals surface area contributed by atoms with Crippen molar-refractivity contribution in [3.8, 4) is 0 Å². The smallest absolute Gasteiger partial charge is 0.336 e. The Morgan fingerprint density at radius 1 is 1.12 bits per heavy atom. The molecule has 1 heterocycles. The average molecular weight is 323 g/mol. The second-order valence-electron chi connectivity index (χ2n) is 6.16. The van der Waals surface area contributed by atoms with E-state index in [0.29, 0.717) is 18.7 Å². The Kier molecular flexibility index (Phi) is 4.67. The summed E-state index contributed by atoms with van der Waals surface area (Å²) in [7, 11) is 0. The van der Waals surface area contributed by atoms with Crippen LogP contribution >= 0.6 is 0 Å². The predicted octanol–water partition coefficient (Wildman–Crippen LogP) is 3.49. The summed E-state index contributed by atoms with van der Waals surface area (Å²) in [5.74, 6) is 0.